The number of benzene rings is 1. The molecule has 0 unspecified atom stereocenters. The van der Waals surface area contributed by atoms with Gasteiger partial charge in [-0.1, -0.05) is 41.9 Å². The molecular formula is C18H19ClN2OS. The molecule has 3 nitrogen and oxygen atoms in total. The van der Waals surface area contributed by atoms with Crippen molar-refractivity contribution in [3.63, 3.8) is 0 Å². The average molecular weight is 347 g/mol. The molecule has 1 N–H and O–H groups in total. The fourth-order valence-corrected chi connectivity index (χ4v) is 3.90. The number of carbonyl (C=O) groups excluding carboxylic acids is 1. The molecule has 120 valence electrons. The first-order valence-corrected chi connectivity index (χ1v) is 8.83. The van der Waals surface area contributed by atoms with Crippen LogP contribution in [0.1, 0.15) is 29.4 Å². The quantitative estimate of drug-likeness (QED) is 0.717. The van der Waals surface area contributed by atoms with E-state index < -0.39 is 0 Å². The van der Waals surface area contributed by atoms with E-state index >= 15 is 0 Å². The van der Waals surface area contributed by atoms with Crippen molar-refractivity contribution in [3.05, 3.63) is 58.1 Å². The van der Waals surface area contributed by atoms with Crippen LogP contribution < -0.4 is 5.32 Å². The zero-order valence-corrected chi connectivity index (χ0v) is 14.7. The van der Waals surface area contributed by atoms with Gasteiger partial charge in [0.15, 0.2) is 0 Å². The van der Waals surface area contributed by atoms with E-state index in [1.165, 1.54) is 16.9 Å². The van der Waals surface area contributed by atoms with Crippen molar-refractivity contribution in [2.24, 2.45) is 7.05 Å². The molecule has 0 saturated carbocycles. The number of hydrogen-bond donors (Lipinski definition) is 1. The highest BCUT2D eigenvalue weighted by Gasteiger charge is 2.17. The molecule has 0 aliphatic rings. The maximum atomic E-state index is 12.5. The van der Waals surface area contributed by atoms with E-state index in [1.54, 1.807) is 0 Å². The molecule has 0 bridgehead atoms. The number of nitrogens with zero attached hydrogens (tertiary/aromatic N) is 1. The highest BCUT2D eigenvalue weighted by Crippen LogP contribution is 2.31. The van der Waals surface area contributed by atoms with Crippen LogP contribution in [0.3, 0.4) is 0 Å². The van der Waals surface area contributed by atoms with Crippen LogP contribution in [0, 0.1) is 0 Å². The van der Waals surface area contributed by atoms with E-state index in [4.69, 9.17) is 11.6 Å². The molecule has 3 rings (SSSR count). The minimum atomic E-state index is -0.0346. The van der Waals surface area contributed by atoms with Crippen LogP contribution in [-0.4, -0.2) is 16.5 Å². The molecule has 0 saturated heterocycles. The van der Waals surface area contributed by atoms with Crippen molar-refractivity contribution in [1.29, 1.82) is 0 Å². The molecule has 23 heavy (non-hydrogen) atoms. The SMILES string of the molecule is C[C@@H](CCc1ccccc1)NC(=O)c1cc2sc(Cl)cc2n1C. The number of aryl methyl sites for hydroxylation is 2. The number of rotatable bonds is 5. The number of hydrogen-bond acceptors (Lipinski definition) is 2. The van der Waals surface area contributed by atoms with Gasteiger partial charge in [-0.3, -0.25) is 4.79 Å². The van der Waals surface area contributed by atoms with Crippen LogP contribution in [-0.2, 0) is 13.5 Å². The Morgan fingerprint density at radius 2 is 2.04 bits per heavy atom. The van der Waals surface area contributed by atoms with Gasteiger partial charge in [0.25, 0.3) is 5.91 Å². The number of aromatic nitrogens is 1. The first kappa shape index (κ1) is 16.1. The molecule has 3 aromatic rings. The third-order valence-electron chi connectivity index (χ3n) is 4.02. The monoisotopic (exact) mass is 346 g/mol. The maximum Gasteiger partial charge on any atom is 0.268 e. The first-order chi connectivity index (χ1) is 11.0. The Kier molecular flexibility index (Phi) is 4.74. The zero-order valence-electron chi connectivity index (χ0n) is 13.2. The number of halogens is 1. The summed E-state index contributed by atoms with van der Waals surface area (Å²) in [5, 5.41) is 3.08. The molecule has 1 atom stereocenters. The van der Waals surface area contributed by atoms with Gasteiger partial charge >= 0.3 is 0 Å². The van der Waals surface area contributed by atoms with E-state index in [9.17, 15) is 4.79 Å². The van der Waals surface area contributed by atoms with E-state index in [-0.39, 0.29) is 11.9 Å². The van der Waals surface area contributed by atoms with Gasteiger partial charge in [0, 0.05) is 13.1 Å². The molecule has 1 amide bonds. The molecule has 0 aliphatic heterocycles. The molecule has 2 heterocycles. The van der Waals surface area contributed by atoms with E-state index in [0.717, 1.165) is 27.4 Å². The molecule has 0 aliphatic carbocycles. The van der Waals surface area contributed by atoms with E-state index in [0.29, 0.717) is 5.69 Å². The van der Waals surface area contributed by atoms with Crippen LogP contribution in [0.5, 0.6) is 0 Å². The summed E-state index contributed by atoms with van der Waals surface area (Å²) in [7, 11) is 1.90. The third-order valence-corrected chi connectivity index (χ3v) is 5.22. The number of fused-ring (bicyclic) bond motifs is 1. The van der Waals surface area contributed by atoms with Gasteiger partial charge < -0.3 is 9.88 Å². The Morgan fingerprint density at radius 1 is 1.30 bits per heavy atom. The number of nitrogens with one attached hydrogen (secondary N) is 1. The van der Waals surface area contributed by atoms with Crippen molar-refractivity contribution in [3.8, 4) is 0 Å². The first-order valence-electron chi connectivity index (χ1n) is 7.64. The fourth-order valence-electron chi connectivity index (χ4n) is 2.70. The molecule has 0 spiro atoms. The molecule has 5 heteroatoms. The van der Waals surface area contributed by atoms with Gasteiger partial charge in [-0.05, 0) is 37.5 Å². The topological polar surface area (TPSA) is 34.0 Å². The van der Waals surface area contributed by atoms with Gasteiger partial charge in [0.05, 0.1) is 14.6 Å². The molecule has 2 aromatic heterocycles. The molecule has 0 radical (unpaired) electrons. The summed E-state index contributed by atoms with van der Waals surface area (Å²) in [4.78, 5) is 12.5. The normalized spacial score (nSPS) is 12.5. The maximum absolute atomic E-state index is 12.5. The van der Waals surface area contributed by atoms with Crippen LogP contribution >= 0.6 is 22.9 Å². The Labute approximate surface area is 144 Å². The Bertz CT molecular complexity index is 822. The Hall–Kier alpha value is -1.78. The van der Waals surface area contributed by atoms with Gasteiger partial charge in [0.1, 0.15) is 5.69 Å². The second-order valence-corrected chi connectivity index (χ2v) is 7.50. The van der Waals surface area contributed by atoms with Crippen LogP contribution in [0.4, 0.5) is 0 Å². The van der Waals surface area contributed by atoms with Gasteiger partial charge in [-0.2, -0.15) is 0 Å². The summed E-state index contributed by atoms with van der Waals surface area (Å²) in [6, 6.07) is 14.3. The van der Waals surface area contributed by atoms with E-state index in [2.05, 4.69) is 17.4 Å². The minimum Gasteiger partial charge on any atom is -0.348 e. The summed E-state index contributed by atoms with van der Waals surface area (Å²) in [5.74, 6) is -0.0346. The summed E-state index contributed by atoms with van der Waals surface area (Å²) in [6.45, 7) is 2.04. The van der Waals surface area contributed by atoms with E-state index in [1.807, 2.05) is 48.9 Å². The van der Waals surface area contributed by atoms with Gasteiger partial charge in [-0.25, -0.2) is 0 Å². The van der Waals surface area contributed by atoms with Crippen molar-refractivity contribution < 1.29 is 4.79 Å². The van der Waals surface area contributed by atoms with Crippen molar-refractivity contribution >= 4 is 39.1 Å². The Balaban J connectivity index is 1.63. The standard InChI is InChI=1S/C18H19ClN2OS/c1-12(8-9-13-6-4-3-5-7-13)20-18(22)15-10-16-14(21(15)2)11-17(19)23-16/h3-7,10-12H,8-9H2,1-2H3,(H,20,22)/t12-/m0/s1. The highest BCUT2D eigenvalue weighted by atomic mass is 35.5. The van der Waals surface area contributed by atoms with Crippen molar-refractivity contribution in [2.45, 2.75) is 25.8 Å². The van der Waals surface area contributed by atoms with Crippen molar-refractivity contribution in [2.75, 3.05) is 0 Å². The number of amides is 1. The number of carbonyl (C=O) groups is 1. The second kappa shape index (κ2) is 6.77. The summed E-state index contributed by atoms with van der Waals surface area (Å²) < 4.78 is 3.69. The third kappa shape index (κ3) is 3.59. The summed E-state index contributed by atoms with van der Waals surface area (Å²) in [6.07, 6.45) is 1.88. The molecule has 1 aromatic carbocycles. The predicted molar refractivity (Wildman–Crippen MR) is 97.5 cm³/mol. The predicted octanol–water partition coefficient (Wildman–Crippen LogP) is 4.64. The zero-order chi connectivity index (χ0) is 16.4. The minimum absolute atomic E-state index is 0.0346. The lowest BCUT2D eigenvalue weighted by Gasteiger charge is -2.14. The summed E-state index contributed by atoms with van der Waals surface area (Å²) >= 11 is 7.51. The Morgan fingerprint density at radius 3 is 2.74 bits per heavy atom. The lowest BCUT2D eigenvalue weighted by atomic mass is 10.1. The van der Waals surface area contributed by atoms with Gasteiger partial charge in [-0.15, -0.1) is 11.3 Å². The largest absolute Gasteiger partial charge is 0.348 e. The smallest absolute Gasteiger partial charge is 0.268 e. The second-order valence-electron chi connectivity index (χ2n) is 5.79. The average Bonchev–Trinajstić information content (AvgIpc) is 3.04. The molecular weight excluding hydrogens is 328 g/mol. The summed E-state index contributed by atoms with van der Waals surface area (Å²) in [5.41, 5.74) is 2.97. The van der Waals surface area contributed by atoms with Crippen LogP contribution in [0.25, 0.3) is 10.2 Å². The molecule has 0 fully saturated rings. The lowest BCUT2D eigenvalue weighted by molar-refractivity contribution is 0.0930. The van der Waals surface area contributed by atoms with Crippen LogP contribution in [0.2, 0.25) is 4.34 Å². The number of thiophene rings is 1. The highest BCUT2D eigenvalue weighted by molar-refractivity contribution is 7.22. The van der Waals surface area contributed by atoms with Gasteiger partial charge in [0.2, 0.25) is 0 Å². The fraction of sp³-hybridized carbons (Fsp3) is 0.278. The van der Waals surface area contributed by atoms with Crippen LogP contribution in [0.15, 0.2) is 42.5 Å². The lowest BCUT2D eigenvalue weighted by Crippen LogP contribution is -2.34. The van der Waals surface area contributed by atoms with Crippen molar-refractivity contribution in [1.82, 2.24) is 9.88 Å².